The van der Waals surface area contributed by atoms with Gasteiger partial charge in [0.15, 0.2) is 0 Å². The lowest BCUT2D eigenvalue weighted by atomic mass is 10.2. The van der Waals surface area contributed by atoms with Gasteiger partial charge in [0.1, 0.15) is 16.6 Å². The average molecular weight is 230 g/mol. The van der Waals surface area contributed by atoms with Crippen molar-refractivity contribution in [3.05, 3.63) is 28.0 Å². The van der Waals surface area contributed by atoms with Crippen LogP contribution in [0.15, 0.2) is 16.7 Å². The molecule has 12 heavy (non-hydrogen) atoms. The Balaban J connectivity index is 3.23. The first-order valence-corrected chi connectivity index (χ1v) is 3.79. The number of carbonyl (C=O) groups is 2. The lowest BCUT2D eigenvalue weighted by Gasteiger charge is -1.95. The van der Waals surface area contributed by atoms with Crippen molar-refractivity contribution in [3.63, 3.8) is 0 Å². The van der Waals surface area contributed by atoms with E-state index in [1.54, 1.807) is 0 Å². The van der Waals surface area contributed by atoms with Crippen LogP contribution in [0.2, 0.25) is 0 Å². The van der Waals surface area contributed by atoms with Gasteiger partial charge in [0, 0.05) is 5.56 Å². The molecule has 0 saturated carbocycles. The second-order valence-corrected chi connectivity index (χ2v) is 2.84. The van der Waals surface area contributed by atoms with Crippen LogP contribution in [0.3, 0.4) is 0 Å². The van der Waals surface area contributed by atoms with Crippen LogP contribution in [0, 0.1) is 0 Å². The Bertz CT molecular complexity index is 337. The fourth-order valence-corrected chi connectivity index (χ4v) is 1.15. The van der Waals surface area contributed by atoms with Crippen molar-refractivity contribution in [2.45, 2.75) is 0 Å². The average Bonchev–Trinajstić information content (AvgIpc) is 2.03. The van der Waals surface area contributed by atoms with Gasteiger partial charge in [-0.1, -0.05) is 0 Å². The number of aromatic nitrogens is 1. The molecule has 0 aliphatic rings. The van der Waals surface area contributed by atoms with Gasteiger partial charge < -0.3 is 5.11 Å². The molecule has 1 N–H and O–H groups in total. The minimum atomic E-state index is -1.15. The number of carbonyl (C=O) groups excluding carboxylic acids is 1. The Labute approximate surface area is 76.4 Å². The van der Waals surface area contributed by atoms with Crippen molar-refractivity contribution in [2.24, 2.45) is 0 Å². The largest absolute Gasteiger partial charge is 0.477 e. The summed E-state index contributed by atoms with van der Waals surface area (Å²) in [6, 6.07) is 2.65. The number of aldehydes is 1. The van der Waals surface area contributed by atoms with E-state index in [2.05, 4.69) is 20.9 Å². The highest BCUT2D eigenvalue weighted by atomic mass is 79.9. The maximum absolute atomic E-state index is 10.4. The standard InChI is InChI=1S/C7H4BrNO3/c8-6-2-4(3-10)1-5(9-6)7(11)12/h1-3H,(H,11,12). The Morgan fingerprint density at radius 2 is 2.25 bits per heavy atom. The van der Waals surface area contributed by atoms with Crippen LogP contribution in [-0.2, 0) is 0 Å². The van der Waals surface area contributed by atoms with E-state index < -0.39 is 5.97 Å². The summed E-state index contributed by atoms with van der Waals surface area (Å²) in [5.74, 6) is -1.15. The maximum Gasteiger partial charge on any atom is 0.354 e. The van der Waals surface area contributed by atoms with Crippen LogP contribution in [0.1, 0.15) is 20.8 Å². The van der Waals surface area contributed by atoms with E-state index in [4.69, 9.17) is 5.11 Å². The molecule has 0 aliphatic heterocycles. The van der Waals surface area contributed by atoms with Gasteiger partial charge in [-0.2, -0.15) is 0 Å². The zero-order chi connectivity index (χ0) is 9.14. The molecule has 0 saturated heterocycles. The third-order valence-electron chi connectivity index (χ3n) is 1.17. The molecule has 0 spiro atoms. The minimum Gasteiger partial charge on any atom is -0.477 e. The van der Waals surface area contributed by atoms with Gasteiger partial charge >= 0.3 is 5.97 Å². The summed E-state index contributed by atoms with van der Waals surface area (Å²) >= 11 is 2.99. The van der Waals surface area contributed by atoms with Crippen molar-refractivity contribution < 1.29 is 14.7 Å². The molecular weight excluding hydrogens is 226 g/mol. The predicted molar refractivity (Wildman–Crippen MR) is 44.3 cm³/mol. The predicted octanol–water partition coefficient (Wildman–Crippen LogP) is 1.35. The van der Waals surface area contributed by atoms with Crippen molar-refractivity contribution >= 4 is 28.2 Å². The zero-order valence-electron chi connectivity index (χ0n) is 5.82. The molecule has 0 atom stereocenters. The van der Waals surface area contributed by atoms with Gasteiger partial charge in [0.05, 0.1) is 0 Å². The Morgan fingerprint density at radius 1 is 1.58 bits per heavy atom. The smallest absolute Gasteiger partial charge is 0.354 e. The molecule has 0 amide bonds. The van der Waals surface area contributed by atoms with Crippen LogP contribution < -0.4 is 0 Å². The van der Waals surface area contributed by atoms with Gasteiger partial charge in [-0.3, -0.25) is 4.79 Å². The number of hydrogen-bond donors (Lipinski definition) is 1. The first-order chi connectivity index (χ1) is 5.63. The Morgan fingerprint density at radius 3 is 2.75 bits per heavy atom. The Hall–Kier alpha value is -1.23. The van der Waals surface area contributed by atoms with Gasteiger partial charge in [0.2, 0.25) is 0 Å². The molecule has 62 valence electrons. The minimum absolute atomic E-state index is 0.147. The summed E-state index contributed by atoms with van der Waals surface area (Å²) < 4.78 is 0.338. The molecule has 0 radical (unpaired) electrons. The highest BCUT2D eigenvalue weighted by molar-refractivity contribution is 9.10. The normalized spacial score (nSPS) is 9.42. The first kappa shape index (κ1) is 8.86. The van der Waals surface area contributed by atoms with Gasteiger partial charge in [-0.15, -0.1) is 0 Å². The molecule has 5 heteroatoms. The van der Waals surface area contributed by atoms with E-state index in [9.17, 15) is 9.59 Å². The summed E-state index contributed by atoms with van der Waals surface area (Å²) in [4.78, 5) is 24.4. The van der Waals surface area contributed by atoms with E-state index >= 15 is 0 Å². The second-order valence-electron chi connectivity index (χ2n) is 2.03. The number of hydrogen-bond acceptors (Lipinski definition) is 3. The number of aromatic carboxylic acids is 1. The monoisotopic (exact) mass is 229 g/mol. The third-order valence-corrected chi connectivity index (χ3v) is 1.58. The third kappa shape index (κ3) is 1.88. The highest BCUT2D eigenvalue weighted by Gasteiger charge is 2.06. The number of pyridine rings is 1. The van der Waals surface area contributed by atoms with Gasteiger partial charge in [-0.05, 0) is 28.1 Å². The molecule has 0 bridgehead atoms. The summed E-state index contributed by atoms with van der Waals surface area (Å²) in [6.07, 6.45) is 0.568. The first-order valence-electron chi connectivity index (χ1n) is 2.99. The lowest BCUT2D eigenvalue weighted by molar-refractivity contribution is 0.0690. The zero-order valence-corrected chi connectivity index (χ0v) is 7.41. The molecule has 1 aromatic rings. The molecule has 1 aromatic heterocycles. The Kier molecular flexibility index (Phi) is 2.54. The van der Waals surface area contributed by atoms with Crippen molar-refractivity contribution in [3.8, 4) is 0 Å². The van der Waals surface area contributed by atoms with E-state index in [0.29, 0.717) is 10.9 Å². The van der Waals surface area contributed by atoms with Crippen LogP contribution in [0.5, 0.6) is 0 Å². The summed E-state index contributed by atoms with van der Waals surface area (Å²) in [7, 11) is 0. The molecule has 4 nitrogen and oxygen atoms in total. The highest BCUT2D eigenvalue weighted by Crippen LogP contribution is 2.09. The lowest BCUT2D eigenvalue weighted by Crippen LogP contribution is -2.01. The SMILES string of the molecule is O=Cc1cc(Br)nc(C(=O)O)c1. The quantitative estimate of drug-likeness (QED) is 0.615. The topological polar surface area (TPSA) is 67.3 Å². The molecule has 1 rings (SSSR count). The van der Waals surface area contributed by atoms with Crippen LogP contribution in [-0.4, -0.2) is 22.3 Å². The fourth-order valence-electron chi connectivity index (χ4n) is 0.694. The van der Waals surface area contributed by atoms with Crippen LogP contribution >= 0.6 is 15.9 Å². The summed E-state index contributed by atoms with van der Waals surface area (Å²) in [6.45, 7) is 0. The van der Waals surface area contributed by atoms with Crippen LogP contribution in [0.25, 0.3) is 0 Å². The maximum atomic E-state index is 10.4. The van der Waals surface area contributed by atoms with Crippen molar-refractivity contribution in [1.29, 1.82) is 0 Å². The molecule has 0 aromatic carbocycles. The molecular formula is C7H4BrNO3. The number of rotatable bonds is 2. The molecule has 0 fully saturated rings. The van der Waals surface area contributed by atoms with E-state index in [0.717, 1.165) is 0 Å². The fraction of sp³-hybridized carbons (Fsp3) is 0. The number of carboxylic acids is 1. The molecule has 0 aliphatic carbocycles. The van der Waals surface area contributed by atoms with Crippen molar-refractivity contribution in [1.82, 2.24) is 4.98 Å². The number of nitrogens with zero attached hydrogens (tertiary/aromatic N) is 1. The number of carboxylic acid groups (broad SMARTS) is 1. The number of halogens is 1. The molecule has 0 unspecified atom stereocenters. The van der Waals surface area contributed by atoms with E-state index in [1.165, 1.54) is 12.1 Å². The van der Waals surface area contributed by atoms with Gasteiger partial charge in [0.25, 0.3) is 0 Å². The van der Waals surface area contributed by atoms with E-state index in [-0.39, 0.29) is 11.3 Å². The van der Waals surface area contributed by atoms with E-state index in [1.807, 2.05) is 0 Å². The molecule has 1 heterocycles. The van der Waals surface area contributed by atoms with Gasteiger partial charge in [-0.25, -0.2) is 9.78 Å². The second kappa shape index (κ2) is 3.44. The van der Waals surface area contributed by atoms with Crippen molar-refractivity contribution in [2.75, 3.05) is 0 Å². The summed E-state index contributed by atoms with van der Waals surface area (Å²) in [5.41, 5.74) is 0.140. The van der Waals surface area contributed by atoms with Crippen LogP contribution in [0.4, 0.5) is 0 Å². The summed E-state index contributed by atoms with van der Waals surface area (Å²) in [5, 5.41) is 8.53.